The van der Waals surface area contributed by atoms with Gasteiger partial charge in [0.25, 0.3) is 0 Å². The van der Waals surface area contributed by atoms with Crippen LogP contribution in [0, 0.1) is 0 Å². The number of carbonyl (C=O) groups excluding carboxylic acids is 1. The first-order valence-electron chi connectivity index (χ1n) is 5.62. The van der Waals surface area contributed by atoms with Gasteiger partial charge in [0.15, 0.2) is 0 Å². The van der Waals surface area contributed by atoms with Gasteiger partial charge in [-0.15, -0.1) is 0 Å². The van der Waals surface area contributed by atoms with E-state index in [1.54, 1.807) is 0 Å². The van der Waals surface area contributed by atoms with Crippen LogP contribution in [0.5, 0.6) is 0 Å². The number of rotatable bonds is 4. The molecule has 15 heavy (non-hydrogen) atoms. The van der Waals surface area contributed by atoms with Crippen molar-refractivity contribution in [2.75, 3.05) is 6.61 Å². The maximum atomic E-state index is 11.4. The van der Waals surface area contributed by atoms with Crippen LogP contribution in [0.15, 0.2) is 11.1 Å². The summed E-state index contributed by atoms with van der Waals surface area (Å²) in [5.74, 6) is -0.122. The molecule has 1 fully saturated rings. The lowest BCUT2D eigenvalue weighted by molar-refractivity contribution is -0.136. The SMILES string of the molecule is CCCC1=C(CC2(C)OC2C)COC1=O. The fourth-order valence-corrected chi connectivity index (χ4v) is 2.14. The van der Waals surface area contributed by atoms with E-state index in [0.717, 1.165) is 30.4 Å². The van der Waals surface area contributed by atoms with Crippen molar-refractivity contribution < 1.29 is 14.3 Å². The highest BCUT2D eigenvalue weighted by Crippen LogP contribution is 2.42. The summed E-state index contributed by atoms with van der Waals surface area (Å²) in [5.41, 5.74) is 1.98. The van der Waals surface area contributed by atoms with E-state index in [2.05, 4.69) is 20.8 Å². The molecule has 1 saturated heterocycles. The Labute approximate surface area is 90.4 Å². The fraction of sp³-hybridized carbons (Fsp3) is 0.750. The second-order valence-electron chi connectivity index (χ2n) is 4.66. The first-order valence-corrected chi connectivity index (χ1v) is 5.62. The third-order valence-electron chi connectivity index (χ3n) is 3.36. The molecule has 2 atom stereocenters. The molecule has 0 aromatic rings. The molecule has 0 N–H and O–H groups in total. The lowest BCUT2D eigenvalue weighted by atomic mass is 9.94. The van der Waals surface area contributed by atoms with Gasteiger partial charge in [0.05, 0.1) is 11.7 Å². The highest BCUT2D eigenvalue weighted by Gasteiger charge is 2.50. The third kappa shape index (κ3) is 1.93. The summed E-state index contributed by atoms with van der Waals surface area (Å²) >= 11 is 0. The van der Waals surface area contributed by atoms with Crippen molar-refractivity contribution in [2.45, 2.75) is 51.7 Å². The molecule has 2 aliphatic rings. The van der Waals surface area contributed by atoms with Crippen molar-refractivity contribution in [1.29, 1.82) is 0 Å². The Morgan fingerprint density at radius 2 is 2.20 bits per heavy atom. The molecular weight excluding hydrogens is 192 g/mol. The van der Waals surface area contributed by atoms with Crippen molar-refractivity contribution in [3.8, 4) is 0 Å². The predicted molar refractivity (Wildman–Crippen MR) is 56.5 cm³/mol. The maximum absolute atomic E-state index is 11.4. The van der Waals surface area contributed by atoms with Crippen LogP contribution >= 0.6 is 0 Å². The van der Waals surface area contributed by atoms with Crippen molar-refractivity contribution in [3.05, 3.63) is 11.1 Å². The van der Waals surface area contributed by atoms with Crippen LogP contribution in [0.1, 0.15) is 40.0 Å². The Morgan fingerprint density at radius 3 is 2.73 bits per heavy atom. The molecule has 0 aliphatic carbocycles. The zero-order valence-electron chi connectivity index (χ0n) is 9.63. The predicted octanol–water partition coefficient (Wildman–Crippen LogP) is 2.21. The van der Waals surface area contributed by atoms with E-state index >= 15 is 0 Å². The molecule has 2 rings (SSSR count). The Bertz CT molecular complexity index is 319. The number of ether oxygens (including phenoxy) is 2. The minimum atomic E-state index is -0.122. The Hall–Kier alpha value is -0.830. The van der Waals surface area contributed by atoms with Gasteiger partial charge in [-0.2, -0.15) is 0 Å². The molecule has 0 saturated carbocycles. The molecule has 0 aromatic heterocycles. The summed E-state index contributed by atoms with van der Waals surface area (Å²) in [5, 5.41) is 0. The summed E-state index contributed by atoms with van der Waals surface area (Å²) in [6.07, 6.45) is 2.97. The molecule has 0 spiro atoms. The standard InChI is InChI=1S/C12H18O3/c1-4-5-10-9(7-14-11(10)13)6-12(3)8(2)15-12/h8H,4-7H2,1-3H3. The van der Waals surface area contributed by atoms with Crippen LogP contribution in [0.2, 0.25) is 0 Å². The van der Waals surface area contributed by atoms with E-state index in [-0.39, 0.29) is 11.6 Å². The van der Waals surface area contributed by atoms with Gasteiger partial charge in [0.2, 0.25) is 0 Å². The van der Waals surface area contributed by atoms with Crippen LogP contribution in [0.4, 0.5) is 0 Å². The lowest BCUT2D eigenvalue weighted by Gasteiger charge is -2.06. The molecular formula is C12H18O3. The average molecular weight is 210 g/mol. The van der Waals surface area contributed by atoms with E-state index in [4.69, 9.17) is 9.47 Å². The highest BCUT2D eigenvalue weighted by molar-refractivity contribution is 5.91. The minimum absolute atomic E-state index is 0.0533. The summed E-state index contributed by atoms with van der Waals surface area (Å²) in [6, 6.07) is 0. The molecule has 3 heteroatoms. The second kappa shape index (κ2) is 3.63. The first kappa shape index (κ1) is 10.7. The van der Waals surface area contributed by atoms with Crippen molar-refractivity contribution >= 4 is 5.97 Å². The molecule has 2 aliphatic heterocycles. The molecule has 0 amide bonds. The van der Waals surface area contributed by atoms with Gasteiger partial charge in [-0.25, -0.2) is 4.79 Å². The maximum Gasteiger partial charge on any atom is 0.334 e. The number of epoxide rings is 1. The average Bonchev–Trinajstić information content (AvgIpc) is 2.62. The van der Waals surface area contributed by atoms with E-state index in [1.165, 1.54) is 0 Å². The number of esters is 1. The van der Waals surface area contributed by atoms with Crippen molar-refractivity contribution in [1.82, 2.24) is 0 Å². The quantitative estimate of drug-likeness (QED) is 0.527. The molecule has 0 bridgehead atoms. The minimum Gasteiger partial charge on any atom is -0.458 e. The summed E-state index contributed by atoms with van der Waals surface area (Å²) in [4.78, 5) is 11.4. The molecule has 0 aromatic carbocycles. The summed E-state index contributed by atoms with van der Waals surface area (Å²) < 4.78 is 10.6. The first-order chi connectivity index (χ1) is 7.07. The largest absolute Gasteiger partial charge is 0.458 e. The van der Waals surface area contributed by atoms with Crippen molar-refractivity contribution in [2.24, 2.45) is 0 Å². The molecule has 3 nitrogen and oxygen atoms in total. The van der Waals surface area contributed by atoms with Crippen LogP contribution in [-0.4, -0.2) is 24.3 Å². The summed E-state index contributed by atoms with van der Waals surface area (Å²) in [6.45, 7) is 6.71. The number of hydrogen-bond donors (Lipinski definition) is 0. The van der Waals surface area contributed by atoms with Crippen LogP contribution in [0.25, 0.3) is 0 Å². The van der Waals surface area contributed by atoms with Gasteiger partial charge in [0, 0.05) is 12.0 Å². The zero-order valence-corrected chi connectivity index (χ0v) is 9.63. The van der Waals surface area contributed by atoms with E-state index in [0.29, 0.717) is 12.7 Å². The number of cyclic esters (lactones) is 1. The fourth-order valence-electron chi connectivity index (χ4n) is 2.14. The monoisotopic (exact) mass is 210 g/mol. The molecule has 84 valence electrons. The normalized spacial score (nSPS) is 34.6. The van der Waals surface area contributed by atoms with Gasteiger partial charge in [-0.1, -0.05) is 13.3 Å². The lowest BCUT2D eigenvalue weighted by Crippen LogP contribution is -2.10. The Balaban J connectivity index is 2.09. The van der Waals surface area contributed by atoms with Gasteiger partial charge in [-0.3, -0.25) is 0 Å². The number of carbonyl (C=O) groups is 1. The second-order valence-corrected chi connectivity index (χ2v) is 4.66. The highest BCUT2D eigenvalue weighted by atomic mass is 16.6. The smallest absolute Gasteiger partial charge is 0.334 e. The van der Waals surface area contributed by atoms with Crippen LogP contribution in [0.3, 0.4) is 0 Å². The zero-order chi connectivity index (χ0) is 11.1. The topological polar surface area (TPSA) is 38.8 Å². The Morgan fingerprint density at radius 1 is 1.53 bits per heavy atom. The van der Waals surface area contributed by atoms with Crippen LogP contribution < -0.4 is 0 Å². The van der Waals surface area contributed by atoms with Crippen LogP contribution in [-0.2, 0) is 14.3 Å². The van der Waals surface area contributed by atoms with Gasteiger partial charge >= 0.3 is 5.97 Å². The van der Waals surface area contributed by atoms with Gasteiger partial charge in [-0.05, 0) is 25.8 Å². The van der Waals surface area contributed by atoms with E-state index < -0.39 is 0 Å². The van der Waals surface area contributed by atoms with Crippen molar-refractivity contribution in [3.63, 3.8) is 0 Å². The summed E-state index contributed by atoms with van der Waals surface area (Å²) in [7, 11) is 0. The molecule has 2 heterocycles. The number of hydrogen-bond acceptors (Lipinski definition) is 3. The van der Waals surface area contributed by atoms with Gasteiger partial charge in [0.1, 0.15) is 6.61 Å². The third-order valence-corrected chi connectivity index (χ3v) is 3.36. The molecule has 2 unspecified atom stereocenters. The van der Waals surface area contributed by atoms with E-state index in [9.17, 15) is 4.79 Å². The van der Waals surface area contributed by atoms with Gasteiger partial charge < -0.3 is 9.47 Å². The Kier molecular flexibility index (Phi) is 2.59. The molecule has 0 radical (unpaired) electrons. The van der Waals surface area contributed by atoms with E-state index in [1.807, 2.05) is 0 Å².